The second-order valence-corrected chi connectivity index (χ2v) is 5.52. The fraction of sp³-hybridized carbons (Fsp3) is 0.278. The SMILES string of the molecule is CCOc1ccc(C(=O)N(C)Cc2ccc(Cl)cc2)cc1OC. The minimum Gasteiger partial charge on any atom is -0.493 e. The van der Waals surface area contributed by atoms with Crippen LogP contribution in [0.2, 0.25) is 5.02 Å². The number of carbonyl (C=O) groups is 1. The molecule has 0 spiro atoms. The average molecular weight is 334 g/mol. The van der Waals surface area contributed by atoms with E-state index in [1.165, 1.54) is 0 Å². The van der Waals surface area contributed by atoms with E-state index in [-0.39, 0.29) is 5.91 Å². The van der Waals surface area contributed by atoms with Crippen LogP contribution in [0.25, 0.3) is 0 Å². The molecule has 0 unspecified atom stereocenters. The monoisotopic (exact) mass is 333 g/mol. The summed E-state index contributed by atoms with van der Waals surface area (Å²) in [5, 5.41) is 0.680. The molecule has 0 saturated heterocycles. The minimum absolute atomic E-state index is 0.0821. The van der Waals surface area contributed by atoms with Crippen molar-refractivity contribution < 1.29 is 14.3 Å². The molecule has 0 aliphatic carbocycles. The van der Waals surface area contributed by atoms with Crippen molar-refractivity contribution >= 4 is 17.5 Å². The van der Waals surface area contributed by atoms with Gasteiger partial charge in [0.2, 0.25) is 0 Å². The van der Waals surface area contributed by atoms with E-state index in [4.69, 9.17) is 21.1 Å². The quantitative estimate of drug-likeness (QED) is 0.801. The Hall–Kier alpha value is -2.20. The largest absolute Gasteiger partial charge is 0.493 e. The van der Waals surface area contributed by atoms with Crippen molar-refractivity contribution in [1.82, 2.24) is 4.90 Å². The van der Waals surface area contributed by atoms with E-state index in [0.29, 0.717) is 35.2 Å². The van der Waals surface area contributed by atoms with Gasteiger partial charge in [-0.15, -0.1) is 0 Å². The van der Waals surface area contributed by atoms with E-state index in [0.717, 1.165) is 5.56 Å². The molecule has 0 aromatic heterocycles. The Balaban J connectivity index is 2.13. The number of rotatable bonds is 6. The zero-order valence-electron chi connectivity index (χ0n) is 13.5. The smallest absolute Gasteiger partial charge is 0.254 e. The van der Waals surface area contributed by atoms with E-state index in [1.54, 1.807) is 37.3 Å². The van der Waals surface area contributed by atoms with Crippen LogP contribution in [0, 0.1) is 0 Å². The van der Waals surface area contributed by atoms with Crippen molar-refractivity contribution in [2.45, 2.75) is 13.5 Å². The first-order valence-electron chi connectivity index (χ1n) is 7.36. The molecule has 0 atom stereocenters. The highest BCUT2D eigenvalue weighted by atomic mass is 35.5. The van der Waals surface area contributed by atoms with Crippen LogP contribution in [0.1, 0.15) is 22.8 Å². The fourth-order valence-corrected chi connectivity index (χ4v) is 2.36. The van der Waals surface area contributed by atoms with Gasteiger partial charge in [0, 0.05) is 24.2 Å². The van der Waals surface area contributed by atoms with Gasteiger partial charge in [0.25, 0.3) is 5.91 Å². The standard InChI is InChI=1S/C18H20ClNO3/c1-4-23-16-10-7-14(11-17(16)22-3)18(21)20(2)12-13-5-8-15(19)9-6-13/h5-11H,4,12H2,1-3H3. The second-order valence-electron chi connectivity index (χ2n) is 5.09. The highest BCUT2D eigenvalue weighted by molar-refractivity contribution is 6.30. The summed E-state index contributed by atoms with van der Waals surface area (Å²) in [5.74, 6) is 1.10. The van der Waals surface area contributed by atoms with E-state index < -0.39 is 0 Å². The van der Waals surface area contributed by atoms with Gasteiger partial charge < -0.3 is 14.4 Å². The Bertz CT molecular complexity index is 670. The molecule has 122 valence electrons. The number of ether oxygens (including phenoxy) is 2. The van der Waals surface area contributed by atoms with Gasteiger partial charge in [-0.2, -0.15) is 0 Å². The fourth-order valence-electron chi connectivity index (χ4n) is 2.23. The van der Waals surface area contributed by atoms with Crippen molar-refractivity contribution in [2.75, 3.05) is 20.8 Å². The van der Waals surface area contributed by atoms with Gasteiger partial charge in [0.15, 0.2) is 11.5 Å². The Kier molecular flexibility index (Phi) is 5.88. The Morgan fingerprint density at radius 1 is 1.13 bits per heavy atom. The zero-order chi connectivity index (χ0) is 16.8. The third kappa shape index (κ3) is 4.39. The summed E-state index contributed by atoms with van der Waals surface area (Å²) < 4.78 is 10.8. The number of benzene rings is 2. The molecule has 0 aliphatic rings. The van der Waals surface area contributed by atoms with Crippen LogP contribution in [0.3, 0.4) is 0 Å². The molecule has 0 N–H and O–H groups in total. The third-order valence-corrected chi connectivity index (χ3v) is 3.64. The number of hydrogen-bond acceptors (Lipinski definition) is 3. The summed E-state index contributed by atoms with van der Waals surface area (Å²) in [6.07, 6.45) is 0. The molecule has 1 amide bonds. The molecule has 0 bridgehead atoms. The van der Waals surface area contributed by atoms with Gasteiger partial charge in [0.05, 0.1) is 13.7 Å². The summed E-state index contributed by atoms with van der Waals surface area (Å²) in [7, 11) is 3.32. The van der Waals surface area contributed by atoms with Crippen LogP contribution in [-0.4, -0.2) is 31.6 Å². The second kappa shape index (κ2) is 7.88. The number of hydrogen-bond donors (Lipinski definition) is 0. The summed E-state index contributed by atoms with van der Waals surface area (Å²) >= 11 is 5.87. The van der Waals surface area contributed by atoms with Gasteiger partial charge in [-0.25, -0.2) is 0 Å². The molecule has 0 radical (unpaired) electrons. The van der Waals surface area contributed by atoms with Gasteiger partial charge in [-0.1, -0.05) is 23.7 Å². The summed E-state index contributed by atoms with van der Waals surface area (Å²) in [6, 6.07) is 12.6. The number of carbonyl (C=O) groups excluding carboxylic acids is 1. The van der Waals surface area contributed by atoms with Gasteiger partial charge >= 0.3 is 0 Å². The van der Waals surface area contributed by atoms with Crippen LogP contribution in [0.15, 0.2) is 42.5 Å². The molecule has 23 heavy (non-hydrogen) atoms. The first-order chi connectivity index (χ1) is 11.0. The summed E-state index contributed by atoms with van der Waals surface area (Å²) in [5.41, 5.74) is 1.57. The van der Waals surface area contributed by atoms with Crippen molar-refractivity contribution in [3.63, 3.8) is 0 Å². The number of amides is 1. The number of nitrogens with zero attached hydrogens (tertiary/aromatic N) is 1. The molecule has 2 rings (SSSR count). The molecule has 0 fully saturated rings. The molecule has 5 heteroatoms. The minimum atomic E-state index is -0.0821. The predicted molar refractivity (Wildman–Crippen MR) is 91.4 cm³/mol. The van der Waals surface area contributed by atoms with Gasteiger partial charge in [-0.3, -0.25) is 4.79 Å². The summed E-state index contributed by atoms with van der Waals surface area (Å²) in [4.78, 5) is 14.2. The third-order valence-electron chi connectivity index (χ3n) is 3.39. The van der Waals surface area contributed by atoms with Crippen molar-refractivity contribution in [1.29, 1.82) is 0 Å². The molecule has 0 aliphatic heterocycles. The first-order valence-corrected chi connectivity index (χ1v) is 7.73. The first kappa shape index (κ1) is 17.2. The van der Waals surface area contributed by atoms with E-state index in [2.05, 4.69) is 0 Å². The van der Waals surface area contributed by atoms with Crippen LogP contribution in [0.5, 0.6) is 11.5 Å². The highest BCUT2D eigenvalue weighted by Crippen LogP contribution is 2.28. The topological polar surface area (TPSA) is 38.8 Å². The molecule has 0 heterocycles. The maximum atomic E-state index is 12.6. The van der Waals surface area contributed by atoms with Crippen molar-refractivity contribution in [3.8, 4) is 11.5 Å². The van der Waals surface area contributed by atoms with E-state index in [1.807, 2.05) is 31.2 Å². The maximum Gasteiger partial charge on any atom is 0.254 e. The molecular formula is C18H20ClNO3. The number of halogens is 1. The molecular weight excluding hydrogens is 314 g/mol. The van der Waals surface area contributed by atoms with E-state index >= 15 is 0 Å². The van der Waals surface area contributed by atoms with Crippen molar-refractivity contribution in [2.24, 2.45) is 0 Å². The molecule has 2 aromatic carbocycles. The van der Waals surface area contributed by atoms with Crippen LogP contribution >= 0.6 is 11.6 Å². The Labute approximate surface area is 141 Å². The van der Waals surface area contributed by atoms with Crippen molar-refractivity contribution in [3.05, 3.63) is 58.6 Å². The van der Waals surface area contributed by atoms with Gasteiger partial charge in [0.1, 0.15) is 0 Å². The normalized spacial score (nSPS) is 10.3. The number of methoxy groups -OCH3 is 1. The zero-order valence-corrected chi connectivity index (χ0v) is 14.3. The highest BCUT2D eigenvalue weighted by Gasteiger charge is 2.15. The predicted octanol–water partition coefficient (Wildman–Crippen LogP) is 4.02. The lowest BCUT2D eigenvalue weighted by atomic mass is 10.1. The summed E-state index contributed by atoms with van der Waals surface area (Å²) in [6.45, 7) is 2.95. The average Bonchev–Trinajstić information content (AvgIpc) is 2.57. The lowest BCUT2D eigenvalue weighted by Crippen LogP contribution is -2.26. The van der Waals surface area contributed by atoms with E-state index in [9.17, 15) is 4.79 Å². The van der Waals surface area contributed by atoms with Crippen LogP contribution < -0.4 is 9.47 Å². The lowest BCUT2D eigenvalue weighted by molar-refractivity contribution is 0.0784. The molecule has 4 nitrogen and oxygen atoms in total. The molecule has 0 saturated carbocycles. The Morgan fingerprint density at radius 3 is 2.43 bits per heavy atom. The van der Waals surface area contributed by atoms with Gasteiger partial charge in [-0.05, 0) is 42.8 Å². The van der Waals surface area contributed by atoms with Crippen LogP contribution in [-0.2, 0) is 6.54 Å². The van der Waals surface area contributed by atoms with Crippen LogP contribution in [0.4, 0.5) is 0 Å². The maximum absolute atomic E-state index is 12.6. The molecule has 2 aromatic rings. The lowest BCUT2D eigenvalue weighted by Gasteiger charge is -2.18. The Morgan fingerprint density at radius 2 is 1.83 bits per heavy atom.